The number of ether oxygens (including phenoxy) is 1. The number of anilines is 2. The van der Waals surface area contributed by atoms with Crippen LogP contribution in [0.1, 0.15) is 19.1 Å². The van der Waals surface area contributed by atoms with Crippen LogP contribution in [-0.2, 0) is 4.74 Å². The van der Waals surface area contributed by atoms with Gasteiger partial charge in [-0.1, -0.05) is 5.92 Å². The maximum absolute atomic E-state index is 10.2. The summed E-state index contributed by atoms with van der Waals surface area (Å²) in [6.07, 6.45) is 6.95. The van der Waals surface area contributed by atoms with Crippen LogP contribution >= 0.6 is 0 Å². The van der Waals surface area contributed by atoms with Gasteiger partial charge in [-0.15, -0.1) is 6.42 Å². The van der Waals surface area contributed by atoms with Gasteiger partial charge in [0.25, 0.3) is 0 Å². The number of nitrogens with two attached hydrogens (primary N) is 1. The number of fused-ring (bicyclic) bond motifs is 1. The topological polar surface area (TPSA) is 123 Å². The lowest BCUT2D eigenvalue weighted by Gasteiger charge is -2.19. The van der Waals surface area contributed by atoms with Crippen LogP contribution in [0, 0.1) is 18.3 Å². The van der Waals surface area contributed by atoms with Gasteiger partial charge in [-0.3, -0.25) is 4.57 Å². The molecule has 4 N–H and O–H groups in total. The molecule has 4 atom stereocenters. The van der Waals surface area contributed by atoms with Crippen molar-refractivity contribution in [3.63, 3.8) is 0 Å². The summed E-state index contributed by atoms with van der Waals surface area (Å²) in [6.45, 7) is 1.48. The molecule has 0 saturated carbocycles. The van der Waals surface area contributed by atoms with Crippen LogP contribution < -0.4 is 10.6 Å². The van der Waals surface area contributed by atoms with Gasteiger partial charge in [-0.05, 0) is 12.8 Å². The van der Waals surface area contributed by atoms with Crippen molar-refractivity contribution in [1.29, 1.82) is 0 Å². The average Bonchev–Trinajstić information content (AvgIpc) is 3.32. The summed E-state index contributed by atoms with van der Waals surface area (Å²) in [6, 6.07) is 0. The second kappa shape index (κ2) is 6.15. The van der Waals surface area contributed by atoms with E-state index in [4.69, 9.17) is 16.9 Å². The number of hydrogen-bond donors (Lipinski definition) is 3. The Morgan fingerprint density at radius 1 is 1.36 bits per heavy atom. The van der Waals surface area contributed by atoms with Crippen LogP contribution in [0.15, 0.2) is 6.33 Å². The summed E-state index contributed by atoms with van der Waals surface area (Å²) >= 11 is 0. The highest BCUT2D eigenvalue weighted by Crippen LogP contribution is 2.37. The standard InChI is InChI=1S/C16H20N6O3/c1-2-9-12(24)10(7-23)25-15(9)22-8-18-11-13(21-5-3-4-6-21)19-16(17)20-14(11)22/h1,8-10,12,15,23-24H,3-7H2,(H2,17,19,20)/t9-,10+,12?,15+/m0/s1. The van der Waals surface area contributed by atoms with Crippen LogP contribution in [0.5, 0.6) is 0 Å². The Balaban J connectivity index is 1.80. The van der Waals surface area contributed by atoms with E-state index in [1.165, 1.54) is 0 Å². The third kappa shape index (κ3) is 2.50. The summed E-state index contributed by atoms with van der Waals surface area (Å²) in [4.78, 5) is 15.2. The van der Waals surface area contributed by atoms with Gasteiger partial charge in [0.2, 0.25) is 5.95 Å². The van der Waals surface area contributed by atoms with Gasteiger partial charge in [-0.2, -0.15) is 9.97 Å². The Bertz CT molecular complexity index is 825. The maximum Gasteiger partial charge on any atom is 0.224 e. The van der Waals surface area contributed by atoms with Crippen LogP contribution in [0.25, 0.3) is 11.2 Å². The summed E-state index contributed by atoms with van der Waals surface area (Å²) in [5.74, 6) is 2.77. The number of terminal acetylenes is 1. The molecule has 25 heavy (non-hydrogen) atoms. The van der Waals surface area contributed by atoms with Crippen molar-refractivity contribution in [3.05, 3.63) is 6.33 Å². The third-order valence-electron chi connectivity index (χ3n) is 4.84. The fourth-order valence-electron chi connectivity index (χ4n) is 3.57. The number of hydrogen-bond acceptors (Lipinski definition) is 8. The van der Waals surface area contributed by atoms with Crippen LogP contribution in [0.3, 0.4) is 0 Å². The molecule has 9 heteroatoms. The molecule has 0 radical (unpaired) electrons. The van der Waals surface area contributed by atoms with Crippen LogP contribution in [-0.4, -0.2) is 61.6 Å². The minimum absolute atomic E-state index is 0.144. The van der Waals surface area contributed by atoms with Crippen molar-refractivity contribution < 1.29 is 14.9 Å². The Hall–Kier alpha value is -2.41. The summed E-state index contributed by atoms with van der Waals surface area (Å²) in [7, 11) is 0. The van der Waals surface area contributed by atoms with Crippen molar-refractivity contribution in [1.82, 2.24) is 19.5 Å². The quantitative estimate of drug-likeness (QED) is 0.638. The van der Waals surface area contributed by atoms with E-state index in [-0.39, 0.29) is 12.6 Å². The molecule has 2 aromatic rings. The molecule has 4 rings (SSSR count). The number of aliphatic hydroxyl groups is 2. The lowest BCUT2D eigenvalue weighted by Crippen LogP contribution is -2.28. The molecule has 1 unspecified atom stereocenters. The predicted octanol–water partition coefficient (Wildman–Crippen LogP) is -0.491. The summed E-state index contributed by atoms with van der Waals surface area (Å²) < 4.78 is 7.41. The van der Waals surface area contributed by atoms with E-state index in [2.05, 4.69) is 25.8 Å². The Kier molecular flexibility index (Phi) is 3.95. The average molecular weight is 344 g/mol. The molecular formula is C16H20N6O3. The smallest absolute Gasteiger partial charge is 0.224 e. The van der Waals surface area contributed by atoms with Crippen molar-refractivity contribution >= 4 is 22.9 Å². The lowest BCUT2D eigenvalue weighted by molar-refractivity contribution is -0.0441. The Labute approximate surface area is 144 Å². The van der Waals surface area contributed by atoms with Gasteiger partial charge >= 0.3 is 0 Å². The zero-order chi connectivity index (χ0) is 17.6. The highest BCUT2D eigenvalue weighted by Gasteiger charge is 2.44. The van der Waals surface area contributed by atoms with E-state index >= 15 is 0 Å². The van der Waals surface area contributed by atoms with Crippen LogP contribution in [0.4, 0.5) is 11.8 Å². The monoisotopic (exact) mass is 344 g/mol. The third-order valence-corrected chi connectivity index (χ3v) is 4.84. The molecule has 2 aliphatic heterocycles. The number of nitrogens with zero attached hydrogens (tertiary/aromatic N) is 5. The fraction of sp³-hybridized carbons (Fsp3) is 0.562. The van der Waals surface area contributed by atoms with Crippen molar-refractivity contribution in [2.24, 2.45) is 5.92 Å². The summed E-state index contributed by atoms with van der Waals surface area (Å²) in [5.41, 5.74) is 7.03. The minimum Gasteiger partial charge on any atom is -0.394 e. The molecule has 0 amide bonds. The first-order valence-electron chi connectivity index (χ1n) is 8.29. The second-order valence-electron chi connectivity index (χ2n) is 6.35. The van der Waals surface area contributed by atoms with Crippen molar-refractivity contribution in [3.8, 4) is 12.3 Å². The van der Waals surface area contributed by atoms with Gasteiger partial charge in [-0.25, -0.2) is 4.98 Å². The molecule has 0 aromatic carbocycles. The number of aromatic nitrogens is 4. The second-order valence-corrected chi connectivity index (χ2v) is 6.35. The first-order valence-corrected chi connectivity index (χ1v) is 8.29. The Morgan fingerprint density at radius 3 is 2.80 bits per heavy atom. The minimum atomic E-state index is -0.963. The number of rotatable bonds is 3. The highest BCUT2D eigenvalue weighted by atomic mass is 16.5. The first-order chi connectivity index (χ1) is 12.1. The largest absolute Gasteiger partial charge is 0.394 e. The van der Waals surface area contributed by atoms with E-state index in [0.717, 1.165) is 25.9 Å². The number of aliphatic hydroxyl groups excluding tert-OH is 2. The van der Waals surface area contributed by atoms with Gasteiger partial charge in [0.15, 0.2) is 23.2 Å². The van der Waals surface area contributed by atoms with E-state index in [1.54, 1.807) is 10.9 Å². The molecule has 2 aromatic heterocycles. The van der Waals surface area contributed by atoms with Crippen molar-refractivity contribution in [2.45, 2.75) is 31.3 Å². The zero-order valence-electron chi connectivity index (χ0n) is 13.6. The molecule has 0 spiro atoms. The molecule has 4 heterocycles. The van der Waals surface area contributed by atoms with Gasteiger partial charge < -0.3 is 25.6 Å². The van der Waals surface area contributed by atoms with Gasteiger partial charge in [0.05, 0.1) is 18.9 Å². The molecular weight excluding hydrogens is 324 g/mol. The number of nitrogen functional groups attached to an aromatic ring is 1. The van der Waals surface area contributed by atoms with Gasteiger partial charge in [0, 0.05) is 13.1 Å². The highest BCUT2D eigenvalue weighted by molar-refractivity contribution is 5.85. The molecule has 132 valence electrons. The SMILES string of the molecule is C#C[C@H]1C(O)[C@@H](CO)O[C@H]1n1cnc2c(N3CCCC3)nc(N)nc21. The molecule has 0 bridgehead atoms. The molecule has 2 saturated heterocycles. The molecule has 2 fully saturated rings. The first kappa shape index (κ1) is 16.1. The molecule has 2 aliphatic rings. The van der Waals surface area contributed by atoms with E-state index in [9.17, 15) is 10.2 Å². The van der Waals surface area contributed by atoms with Crippen LogP contribution in [0.2, 0.25) is 0 Å². The van der Waals surface area contributed by atoms with Crippen molar-refractivity contribution in [2.75, 3.05) is 30.3 Å². The Morgan fingerprint density at radius 2 is 2.12 bits per heavy atom. The van der Waals surface area contributed by atoms with E-state index in [0.29, 0.717) is 17.0 Å². The van der Waals surface area contributed by atoms with Gasteiger partial charge in [0.1, 0.15) is 12.2 Å². The zero-order valence-corrected chi connectivity index (χ0v) is 13.6. The lowest BCUT2D eigenvalue weighted by atomic mass is 10.0. The predicted molar refractivity (Wildman–Crippen MR) is 90.5 cm³/mol. The fourth-order valence-corrected chi connectivity index (χ4v) is 3.57. The summed E-state index contributed by atoms with van der Waals surface area (Å²) in [5, 5.41) is 19.6. The van der Waals surface area contributed by atoms with E-state index in [1.807, 2.05) is 0 Å². The van der Waals surface area contributed by atoms with E-state index < -0.39 is 24.4 Å². The maximum atomic E-state index is 10.2. The normalized spacial score (nSPS) is 29.4. The molecule has 0 aliphatic carbocycles. The molecule has 9 nitrogen and oxygen atoms in total. The number of imidazole rings is 1.